The number of amides is 2. The van der Waals surface area contributed by atoms with E-state index in [1.165, 1.54) is 0 Å². The maximum atomic E-state index is 12.1. The molecule has 2 N–H and O–H groups in total. The normalized spacial score (nSPS) is 16.0. The number of carbonyl (C=O) groups excluding carboxylic acids is 2. The number of hydrogen-bond acceptors (Lipinski definition) is 3. The lowest BCUT2D eigenvalue weighted by Crippen LogP contribution is -2.39. The van der Waals surface area contributed by atoms with Crippen molar-refractivity contribution in [1.82, 2.24) is 5.32 Å². The first-order chi connectivity index (χ1) is 11.1. The number of rotatable bonds is 4. The Hall–Kier alpha value is -2.82. The van der Waals surface area contributed by atoms with Gasteiger partial charge in [-0.1, -0.05) is 29.8 Å². The molecule has 23 heavy (non-hydrogen) atoms. The minimum absolute atomic E-state index is 0.148. The Balaban J connectivity index is 1.55. The largest absolute Gasteiger partial charge is 0.478 e. The number of hydrogen-bond donors (Lipinski definition) is 2. The van der Waals surface area contributed by atoms with Crippen molar-refractivity contribution in [2.45, 2.75) is 19.4 Å². The first-order valence-electron chi connectivity index (χ1n) is 7.55. The number of aryl methyl sites for hydroxylation is 1. The molecule has 0 saturated carbocycles. The lowest BCUT2D eigenvalue weighted by atomic mass is 10.1. The molecule has 1 heterocycles. The smallest absolute Gasteiger partial charge is 0.265 e. The fraction of sp³-hybridized carbons (Fsp3) is 0.222. The Bertz CT molecular complexity index is 743. The van der Waals surface area contributed by atoms with Crippen LogP contribution in [0.3, 0.4) is 0 Å². The molecule has 0 spiro atoms. The summed E-state index contributed by atoms with van der Waals surface area (Å²) in [6.07, 6.45) is -0.180. The molecule has 2 aromatic carbocycles. The van der Waals surface area contributed by atoms with Gasteiger partial charge >= 0.3 is 0 Å². The van der Waals surface area contributed by atoms with Crippen molar-refractivity contribution in [1.29, 1.82) is 0 Å². The fourth-order valence-corrected chi connectivity index (χ4v) is 2.49. The van der Waals surface area contributed by atoms with Crippen molar-refractivity contribution in [2.24, 2.45) is 0 Å². The SMILES string of the molecule is Cc1cccc(C(=O)NCCC2Oc3ccccc3NC2=O)c1. The average Bonchev–Trinajstić information content (AvgIpc) is 2.55. The van der Waals surface area contributed by atoms with Crippen molar-refractivity contribution in [3.8, 4) is 5.75 Å². The van der Waals surface area contributed by atoms with Crippen LogP contribution in [0.1, 0.15) is 22.3 Å². The van der Waals surface area contributed by atoms with Crippen LogP contribution in [0.15, 0.2) is 48.5 Å². The molecule has 2 amide bonds. The summed E-state index contributed by atoms with van der Waals surface area (Å²) in [5.74, 6) is 0.320. The summed E-state index contributed by atoms with van der Waals surface area (Å²) in [6.45, 7) is 2.31. The van der Waals surface area contributed by atoms with Gasteiger partial charge in [0.05, 0.1) is 5.69 Å². The van der Waals surface area contributed by atoms with Crippen LogP contribution in [-0.4, -0.2) is 24.5 Å². The molecule has 1 unspecified atom stereocenters. The van der Waals surface area contributed by atoms with E-state index in [2.05, 4.69) is 10.6 Å². The third-order valence-electron chi connectivity index (χ3n) is 3.68. The Morgan fingerprint density at radius 2 is 2.04 bits per heavy atom. The molecule has 0 aliphatic carbocycles. The highest BCUT2D eigenvalue weighted by molar-refractivity contribution is 5.98. The molecule has 5 heteroatoms. The summed E-state index contributed by atoms with van der Waals surface area (Å²) in [5, 5.41) is 5.63. The van der Waals surface area contributed by atoms with Crippen LogP contribution in [0.4, 0.5) is 5.69 Å². The number of benzene rings is 2. The molecule has 1 atom stereocenters. The predicted molar refractivity (Wildman–Crippen MR) is 87.6 cm³/mol. The van der Waals surface area contributed by atoms with Gasteiger partial charge in [-0.3, -0.25) is 9.59 Å². The minimum atomic E-state index is -0.595. The number of nitrogens with one attached hydrogen (secondary N) is 2. The molecule has 0 saturated heterocycles. The molecule has 0 fully saturated rings. The summed E-state index contributed by atoms with van der Waals surface area (Å²) < 4.78 is 5.69. The second-order valence-corrected chi connectivity index (χ2v) is 5.51. The fourth-order valence-electron chi connectivity index (χ4n) is 2.49. The Labute approximate surface area is 134 Å². The molecular weight excluding hydrogens is 292 g/mol. The van der Waals surface area contributed by atoms with Crippen LogP contribution >= 0.6 is 0 Å². The maximum absolute atomic E-state index is 12.1. The average molecular weight is 310 g/mol. The summed E-state index contributed by atoms with van der Waals surface area (Å²) in [4.78, 5) is 24.1. The number of para-hydroxylation sites is 2. The molecular formula is C18H18N2O3. The predicted octanol–water partition coefficient (Wildman–Crippen LogP) is 2.51. The second kappa shape index (κ2) is 6.52. The summed E-state index contributed by atoms with van der Waals surface area (Å²) >= 11 is 0. The van der Waals surface area contributed by atoms with Crippen LogP contribution in [0.5, 0.6) is 5.75 Å². The molecule has 0 radical (unpaired) electrons. The van der Waals surface area contributed by atoms with Gasteiger partial charge in [-0.2, -0.15) is 0 Å². The van der Waals surface area contributed by atoms with E-state index in [1.54, 1.807) is 12.1 Å². The molecule has 2 aromatic rings. The number of anilines is 1. The van der Waals surface area contributed by atoms with E-state index in [0.717, 1.165) is 5.56 Å². The van der Waals surface area contributed by atoms with Gasteiger partial charge in [0.25, 0.3) is 11.8 Å². The van der Waals surface area contributed by atoms with Gasteiger partial charge in [-0.15, -0.1) is 0 Å². The van der Waals surface area contributed by atoms with Crippen molar-refractivity contribution >= 4 is 17.5 Å². The molecule has 1 aliphatic rings. The third-order valence-corrected chi connectivity index (χ3v) is 3.68. The van der Waals surface area contributed by atoms with E-state index in [9.17, 15) is 9.59 Å². The van der Waals surface area contributed by atoms with E-state index in [1.807, 2.05) is 43.3 Å². The van der Waals surface area contributed by atoms with Crippen LogP contribution in [-0.2, 0) is 4.79 Å². The topological polar surface area (TPSA) is 67.4 Å². The first kappa shape index (κ1) is 15.1. The van der Waals surface area contributed by atoms with Gasteiger partial charge in [0, 0.05) is 18.5 Å². The van der Waals surface area contributed by atoms with Crippen LogP contribution in [0.2, 0.25) is 0 Å². The summed E-state index contributed by atoms with van der Waals surface area (Å²) in [6, 6.07) is 14.7. The van der Waals surface area contributed by atoms with Crippen molar-refractivity contribution < 1.29 is 14.3 Å². The van der Waals surface area contributed by atoms with Crippen molar-refractivity contribution in [2.75, 3.05) is 11.9 Å². The summed E-state index contributed by atoms with van der Waals surface area (Å²) in [7, 11) is 0. The van der Waals surface area contributed by atoms with E-state index in [4.69, 9.17) is 4.74 Å². The highest BCUT2D eigenvalue weighted by Crippen LogP contribution is 2.29. The zero-order valence-electron chi connectivity index (χ0n) is 12.8. The van der Waals surface area contributed by atoms with Gasteiger partial charge in [0.1, 0.15) is 5.75 Å². The molecule has 0 bridgehead atoms. The highest BCUT2D eigenvalue weighted by atomic mass is 16.5. The van der Waals surface area contributed by atoms with Gasteiger partial charge in [-0.05, 0) is 31.2 Å². The highest BCUT2D eigenvalue weighted by Gasteiger charge is 2.26. The monoisotopic (exact) mass is 310 g/mol. The second-order valence-electron chi connectivity index (χ2n) is 5.51. The van der Waals surface area contributed by atoms with E-state index < -0.39 is 6.10 Å². The standard InChI is InChI=1S/C18H18N2O3/c1-12-5-4-6-13(11-12)17(21)19-10-9-16-18(22)20-14-7-2-3-8-15(14)23-16/h2-8,11,16H,9-10H2,1H3,(H,19,21)(H,20,22). The van der Waals surface area contributed by atoms with Crippen LogP contribution in [0, 0.1) is 6.92 Å². The van der Waals surface area contributed by atoms with Crippen molar-refractivity contribution in [3.05, 3.63) is 59.7 Å². The minimum Gasteiger partial charge on any atom is -0.478 e. The zero-order valence-corrected chi connectivity index (χ0v) is 12.8. The van der Waals surface area contributed by atoms with E-state index in [0.29, 0.717) is 30.0 Å². The lowest BCUT2D eigenvalue weighted by Gasteiger charge is -2.25. The Morgan fingerprint density at radius 1 is 1.22 bits per heavy atom. The Kier molecular flexibility index (Phi) is 4.28. The van der Waals surface area contributed by atoms with Gasteiger partial charge in [0.15, 0.2) is 6.10 Å². The summed E-state index contributed by atoms with van der Waals surface area (Å²) in [5.41, 5.74) is 2.33. The Morgan fingerprint density at radius 3 is 2.87 bits per heavy atom. The van der Waals surface area contributed by atoms with Crippen molar-refractivity contribution in [3.63, 3.8) is 0 Å². The number of fused-ring (bicyclic) bond motifs is 1. The zero-order chi connectivity index (χ0) is 16.2. The first-order valence-corrected chi connectivity index (χ1v) is 7.55. The van der Waals surface area contributed by atoms with Gasteiger partial charge < -0.3 is 15.4 Å². The molecule has 3 rings (SSSR count). The number of ether oxygens (including phenoxy) is 1. The van der Waals surface area contributed by atoms with E-state index in [-0.39, 0.29) is 11.8 Å². The van der Waals surface area contributed by atoms with E-state index >= 15 is 0 Å². The molecule has 1 aliphatic heterocycles. The third kappa shape index (κ3) is 3.51. The molecule has 0 aromatic heterocycles. The van der Waals surface area contributed by atoms with Gasteiger partial charge in [-0.25, -0.2) is 0 Å². The number of carbonyl (C=O) groups is 2. The van der Waals surface area contributed by atoms with Crippen LogP contribution in [0.25, 0.3) is 0 Å². The van der Waals surface area contributed by atoms with Crippen LogP contribution < -0.4 is 15.4 Å². The quantitative estimate of drug-likeness (QED) is 0.912. The van der Waals surface area contributed by atoms with Gasteiger partial charge in [0.2, 0.25) is 0 Å². The lowest BCUT2D eigenvalue weighted by molar-refractivity contribution is -0.123. The molecule has 118 valence electrons. The molecule has 5 nitrogen and oxygen atoms in total. The maximum Gasteiger partial charge on any atom is 0.265 e.